The summed E-state index contributed by atoms with van der Waals surface area (Å²) in [5, 5.41) is 0.888. The van der Waals surface area contributed by atoms with E-state index in [0.29, 0.717) is 22.6 Å². The quantitative estimate of drug-likeness (QED) is 0.561. The Morgan fingerprint density at radius 2 is 2.05 bits per heavy atom. The highest BCUT2D eigenvalue weighted by molar-refractivity contribution is 9.10. The molecular formula is C16H13BrN2O2. The van der Waals surface area contributed by atoms with Crippen molar-refractivity contribution in [3.05, 3.63) is 58.2 Å². The number of ketones is 1. The summed E-state index contributed by atoms with van der Waals surface area (Å²) in [5.74, 6) is 0.435. The van der Waals surface area contributed by atoms with Crippen molar-refractivity contribution in [2.75, 3.05) is 12.8 Å². The van der Waals surface area contributed by atoms with Gasteiger partial charge in [0.05, 0.1) is 12.8 Å². The number of anilines is 1. The smallest absolute Gasteiger partial charge is 0.195 e. The van der Waals surface area contributed by atoms with E-state index in [0.717, 1.165) is 15.4 Å². The standard InChI is InChI=1S/C16H13BrN2O2/c1-21-15-6-9(2-5-13(15)18)16(20)12-8-19-14-7-10(17)3-4-11(12)14/h2-8,19H,18H2,1H3. The number of ether oxygens (including phenoxy) is 1. The van der Waals surface area contributed by atoms with E-state index in [1.807, 2.05) is 18.2 Å². The van der Waals surface area contributed by atoms with Gasteiger partial charge in [-0.1, -0.05) is 22.0 Å². The van der Waals surface area contributed by atoms with Crippen LogP contribution in [0.25, 0.3) is 10.9 Å². The Hall–Kier alpha value is -2.27. The van der Waals surface area contributed by atoms with E-state index in [4.69, 9.17) is 10.5 Å². The molecule has 0 bridgehead atoms. The van der Waals surface area contributed by atoms with Crippen LogP contribution >= 0.6 is 15.9 Å². The summed E-state index contributed by atoms with van der Waals surface area (Å²) < 4.78 is 6.13. The average Bonchev–Trinajstić information content (AvgIpc) is 2.89. The minimum atomic E-state index is -0.0677. The van der Waals surface area contributed by atoms with Crippen molar-refractivity contribution in [2.45, 2.75) is 0 Å². The zero-order valence-electron chi connectivity index (χ0n) is 11.3. The van der Waals surface area contributed by atoms with Gasteiger partial charge in [-0.15, -0.1) is 0 Å². The molecule has 5 heteroatoms. The number of nitrogen functional groups attached to an aromatic ring is 1. The fourth-order valence-electron chi connectivity index (χ4n) is 2.29. The second-order valence-corrected chi connectivity index (χ2v) is 5.59. The molecule has 0 aliphatic carbocycles. The normalized spacial score (nSPS) is 10.8. The number of hydrogen-bond acceptors (Lipinski definition) is 3. The van der Waals surface area contributed by atoms with Gasteiger partial charge in [0.15, 0.2) is 5.78 Å². The van der Waals surface area contributed by atoms with Crippen molar-refractivity contribution < 1.29 is 9.53 Å². The number of fused-ring (bicyclic) bond motifs is 1. The number of nitrogens with two attached hydrogens (primary N) is 1. The topological polar surface area (TPSA) is 68.1 Å². The van der Waals surface area contributed by atoms with Crippen molar-refractivity contribution in [3.63, 3.8) is 0 Å². The molecule has 4 nitrogen and oxygen atoms in total. The molecule has 0 saturated heterocycles. The lowest BCUT2D eigenvalue weighted by Gasteiger charge is -2.06. The molecule has 0 fully saturated rings. The number of hydrogen-bond donors (Lipinski definition) is 2. The Balaban J connectivity index is 2.08. The fraction of sp³-hybridized carbons (Fsp3) is 0.0625. The first-order chi connectivity index (χ1) is 10.1. The summed E-state index contributed by atoms with van der Waals surface area (Å²) in [5.41, 5.74) is 8.38. The van der Waals surface area contributed by atoms with Crippen molar-refractivity contribution in [2.24, 2.45) is 0 Å². The van der Waals surface area contributed by atoms with E-state index < -0.39 is 0 Å². The molecule has 21 heavy (non-hydrogen) atoms. The van der Waals surface area contributed by atoms with Gasteiger partial charge < -0.3 is 15.5 Å². The predicted octanol–water partition coefficient (Wildman–Crippen LogP) is 3.75. The van der Waals surface area contributed by atoms with Gasteiger partial charge in [-0.05, 0) is 30.3 Å². The summed E-state index contributed by atoms with van der Waals surface area (Å²) in [6, 6.07) is 10.8. The Bertz CT molecular complexity index is 839. The first-order valence-corrected chi connectivity index (χ1v) is 7.14. The number of benzene rings is 2. The van der Waals surface area contributed by atoms with Gasteiger partial charge >= 0.3 is 0 Å². The van der Waals surface area contributed by atoms with Crippen molar-refractivity contribution in [1.82, 2.24) is 4.98 Å². The molecule has 3 N–H and O–H groups in total. The van der Waals surface area contributed by atoms with Gasteiger partial charge in [0.1, 0.15) is 5.75 Å². The highest BCUT2D eigenvalue weighted by Crippen LogP contribution is 2.27. The number of halogens is 1. The molecule has 106 valence electrons. The van der Waals surface area contributed by atoms with Crippen LogP contribution in [0.2, 0.25) is 0 Å². The summed E-state index contributed by atoms with van der Waals surface area (Å²) in [6.45, 7) is 0. The maximum atomic E-state index is 12.7. The Labute approximate surface area is 130 Å². The lowest BCUT2D eigenvalue weighted by molar-refractivity contribution is 0.104. The maximum Gasteiger partial charge on any atom is 0.195 e. The summed E-state index contributed by atoms with van der Waals surface area (Å²) in [6.07, 6.45) is 1.72. The van der Waals surface area contributed by atoms with Gasteiger partial charge in [-0.25, -0.2) is 0 Å². The molecular weight excluding hydrogens is 332 g/mol. The third-order valence-corrected chi connectivity index (χ3v) is 3.88. The average molecular weight is 345 g/mol. The molecule has 3 aromatic rings. The molecule has 0 saturated carbocycles. The molecule has 0 radical (unpaired) electrons. The van der Waals surface area contributed by atoms with Gasteiger partial charge in [-0.3, -0.25) is 4.79 Å². The van der Waals surface area contributed by atoms with E-state index >= 15 is 0 Å². The van der Waals surface area contributed by atoms with Crippen molar-refractivity contribution in [3.8, 4) is 5.75 Å². The van der Waals surface area contributed by atoms with Gasteiger partial charge in [0.25, 0.3) is 0 Å². The second kappa shape index (κ2) is 5.26. The van der Waals surface area contributed by atoms with Crippen LogP contribution in [0.3, 0.4) is 0 Å². The fourth-order valence-corrected chi connectivity index (χ4v) is 2.66. The van der Waals surface area contributed by atoms with Gasteiger partial charge in [0, 0.05) is 32.7 Å². The van der Waals surface area contributed by atoms with Crippen LogP contribution in [0.4, 0.5) is 5.69 Å². The lowest BCUT2D eigenvalue weighted by Crippen LogP contribution is -2.02. The molecule has 1 heterocycles. The summed E-state index contributed by atoms with van der Waals surface area (Å²) >= 11 is 3.42. The Morgan fingerprint density at radius 3 is 2.81 bits per heavy atom. The molecule has 3 rings (SSSR count). The van der Waals surface area contributed by atoms with E-state index in [-0.39, 0.29) is 5.78 Å². The van der Waals surface area contributed by atoms with Crippen molar-refractivity contribution in [1.29, 1.82) is 0 Å². The third kappa shape index (κ3) is 2.40. The van der Waals surface area contributed by atoms with Crippen molar-refractivity contribution >= 4 is 38.3 Å². The monoisotopic (exact) mass is 344 g/mol. The molecule has 0 aliphatic rings. The van der Waals surface area contributed by atoms with Crippen LogP contribution in [0.15, 0.2) is 47.1 Å². The second-order valence-electron chi connectivity index (χ2n) is 4.68. The van der Waals surface area contributed by atoms with Gasteiger partial charge in [-0.2, -0.15) is 0 Å². The van der Waals surface area contributed by atoms with E-state index in [1.54, 1.807) is 24.4 Å². The molecule has 0 aliphatic heterocycles. The Kier molecular flexibility index (Phi) is 3.43. The first kappa shape index (κ1) is 13.7. The van der Waals surface area contributed by atoms with E-state index in [9.17, 15) is 4.79 Å². The predicted molar refractivity (Wildman–Crippen MR) is 86.8 cm³/mol. The number of methoxy groups -OCH3 is 1. The van der Waals surface area contributed by atoms with Crippen LogP contribution in [0, 0.1) is 0 Å². The van der Waals surface area contributed by atoms with Crippen LogP contribution in [0.5, 0.6) is 5.75 Å². The third-order valence-electron chi connectivity index (χ3n) is 3.38. The first-order valence-electron chi connectivity index (χ1n) is 6.35. The number of carbonyl (C=O) groups excluding carboxylic acids is 1. The molecule has 0 amide bonds. The highest BCUT2D eigenvalue weighted by atomic mass is 79.9. The lowest BCUT2D eigenvalue weighted by atomic mass is 10.0. The van der Waals surface area contributed by atoms with Crippen LogP contribution in [-0.2, 0) is 0 Å². The minimum absolute atomic E-state index is 0.0677. The maximum absolute atomic E-state index is 12.7. The van der Waals surface area contributed by atoms with E-state index in [1.165, 1.54) is 7.11 Å². The highest BCUT2D eigenvalue weighted by Gasteiger charge is 2.15. The number of rotatable bonds is 3. The van der Waals surface area contributed by atoms with Crippen LogP contribution < -0.4 is 10.5 Å². The molecule has 1 aromatic heterocycles. The van der Waals surface area contributed by atoms with Crippen LogP contribution in [-0.4, -0.2) is 17.9 Å². The number of carbonyl (C=O) groups is 1. The largest absolute Gasteiger partial charge is 0.495 e. The zero-order chi connectivity index (χ0) is 15.0. The number of H-pyrrole nitrogens is 1. The summed E-state index contributed by atoms with van der Waals surface area (Å²) in [7, 11) is 1.53. The molecule has 0 atom stereocenters. The van der Waals surface area contributed by atoms with Gasteiger partial charge in [0.2, 0.25) is 0 Å². The molecule has 2 aromatic carbocycles. The number of aromatic amines is 1. The molecule has 0 unspecified atom stereocenters. The van der Waals surface area contributed by atoms with E-state index in [2.05, 4.69) is 20.9 Å². The zero-order valence-corrected chi connectivity index (χ0v) is 12.9. The minimum Gasteiger partial charge on any atom is -0.495 e. The van der Waals surface area contributed by atoms with Crippen LogP contribution in [0.1, 0.15) is 15.9 Å². The SMILES string of the molecule is COc1cc(C(=O)c2c[nH]c3cc(Br)ccc23)ccc1N. The summed E-state index contributed by atoms with van der Waals surface area (Å²) in [4.78, 5) is 15.8. The number of aromatic nitrogens is 1. The number of nitrogens with one attached hydrogen (secondary N) is 1. The Morgan fingerprint density at radius 1 is 1.24 bits per heavy atom. The molecule has 0 spiro atoms.